The Bertz CT molecular complexity index is 2490. The molecule has 10 rings (SSSR count). The summed E-state index contributed by atoms with van der Waals surface area (Å²) < 4.78 is 11.7. The van der Waals surface area contributed by atoms with E-state index in [1.165, 1.54) is 76.2 Å². The molecule has 0 radical (unpaired) electrons. The van der Waals surface area contributed by atoms with Gasteiger partial charge in [-0.2, -0.15) is 0 Å². The van der Waals surface area contributed by atoms with Crippen molar-refractivity contribution < 1.29 is 4.42 Å². The highest BCUT2D eigenvalue weighted by Gasteiger charge is 2.26. The zero-order valence-corrected chi connectivity index (χ0v) is 23.4. The largest absolute Gasteiger partial charge is 0.456 e. The Morgan fingerprint density at radius 1 is 0.500 bits per heavy atom. The van der Waals surface area contributed by atoms with Gasteiger partial charge in [-0.15, -0.1) is 0 Å². The maximum absolute atomic E-state index is 6.54. The van der Waals surface area contributed by atoms with Crippen LogP contribution in [0.15, 0.2) is 141 Å². The molecule has 3 heteroatoms. The number of fused-ring (bicyclic) bond motifs is 10. The molecule has 196 valence electrons. The summed E-state index contributed by atoms with van der Waals surface area (Å²) in [6, 6.07) is 46.2. The van der Waals surface area contributed by atoms with Gasteiger partial charge < -0.3 is 4.42 Å². The van der Waals surface area contributed by atoms with Crippen molar-refractivity contribution in [3.8, 4) is 33.4 Å². The van der Waals surface area contributed by atoms with Gasteiger partial charge in [0.25, 0.3) is 0 Å². The van der Waals surface area contributed by atoms with Crippen molar-refractivity contribution in [3.05, 3.63) is 133 Å². The third kappa shape index (κ3) is 3.01. The zero-order chi connectivity index (χ0) is 27.4. The van der Waals surface area contributed by atoms with Gasteiger partial charge >= 0.3 is 0 Å². The lowest BCUT2D eigenvalue weighted by molar-refractivity contribution is 0.669. The quantitative estimate of drug-likeness (QED) is 0.214. The normalized spacial score (nSPS) is 14.7. The summed E-state index contributed by atoms with van der Waals surface area (Å²) in [5.41, 5.74) is 12.0. The zero-order valence-electron chi connectivity index (χ0n) is 22.6. The van der Waals surface area contributed by atoms with Crippen LogP contribution in [0.25, 0.3) is 76.9 Å². The van der Waals surface area contributed by atoms with Gasteiger partial charge in [0.1, 0.15) is 11.2 Å². The molecule has 7 aromatic carbocycles. The molecule has 42 heavy (non-hydrogen) atoms. The standard InChI is InChI=1S/C39H23NOS/c1-2-9-23(10-3-1)22-42-36-21-31(27-13-6-7-14-29(27)39(36)40-42)24-17-18-34-33(19-24)38-30-16-8-15-28-25-11-4-5-12-26(25)32(37(28)30)20-35(38)41-34/h1-21H,22H2. The number of hydrogen-bond donors (Lipinski definition) is 0. The van der Waals surface area contributed by atoms with Crippen LogP contribution in [0.1, 0.15) is 5.56 Å². The second kappa shape index (κ2) is 8.28. The van der Waals surface area contributed by atoms with Gasteiger partial charge in [-0.25, -0.2) is 4.36 Å². The summed E-state index contributed by atoms with van der Waals surface area (Å²) in [7, 11) is -0.134. The van der Waals surface area contributed by atoms with Crippen LogP contribution >= 0.6 is 0 Å². The smallest absolute Gasteiger partial charge is 0.136 e. The van der Waals surface area contributed by atoms with Crippen LogP contribution in [0.4, 0.5) is 5.69 Å². The molecule has 8 aromatic rings. The first kappa shape index (κ1) is 22.7. The van der Waals surface area contributed by atoms with Crippen molar-refractivity contribution in [1.82, 2.24) is 0 Å². The minimum absolute atomic E-state index is 0.134. The summed E-state index contributed by atoms with van der Waals surface area (Å²) >= 11 is 0. The van der Waals surface area contributed by atoms with Crippen LogP contribution in [-0.4, -0.2) is 0 Å². The highest BCUT2D eigenvalue weighted by Crippen LogP contribution is 2.51. The predicted octanol–water partition coefficient (Wildman–Crippen LogP) is 11.2. The molecule has 0 saturated carbocycles. The first-order valence-corrected chi connectivity index (χ1v) is 15.7. The van der Waals surface area contributed by atoms with E-state index in [4.69, 9.17) is 8.78 Å². The van der Waals surface area contributed by atoms with E-state index in [9.17, 15) is 0 Å². The topological polar surface area (TPSA) is 25.5 Å². The number of furan rings is 1. The minimum Gasteiger partial charge on any atom is -0.456 e. The Kier molecular flexibility index (Phi) is 4.47. The summed E-state index contributed by atoms with van der Waals surface area (Å²) in [6.07, 6.45) is 0. The molecule has 1 atom stereocenters. The van der Waals surface area contributed by atoms with Crippen LogP contribution in [0.5, 0.6) is 0 Å². The second-order valence-corrected chi connectivity index (χ2v) is 12.9. The molecule has 1 aliphatic carbocycles. The predicted molar refractivity (Wildman–Crippen MR) is 176 cm³/mol. The van der Waals surface area contributed by atoms with Crippen LogP contribution in [-0.2, 0) is 16.4 Å². The summed E-state index contributed by atoms with van der Waals surface area (Å²) in [5, 5.41) is 7.45. The SMILES string of the molecule is c1ccc(CS2=Nc3c2cc(-c2ccc4oc5cc6c7c(cccc7c5c4c2)-c2ccccc2-6)c2ccccc32)cc1. The van der Waals surface area contributed by atoms with Gasteiger partial charge in [-0.1, -0.05) is 114 Å². The lowest BCUT2D eigenvalue weighted by Gasteiger charge is -2.24. The molecule has 1 unspecified atom stereocenters. The van der Waals surface area contributed by atoms with Crippen LogP contribution in [0, 0.1) is 0 Å². The maximum atomic E-state index is 6.54. The molecule has 0 saturated heterocycles. The van der Waals surface area contributed by atoms with Crippen molar-refractivity contribution in [1.29, 1.82) is 0 Å². The maximum Gasteiger partial charge on any atom is 0.136 e. The molecular formula is C39H23NOS. The highest BCUT2D eigenvalue weighted by molar-refractivity contribution is 7.88. The van der Waals surface area contributed by atoms with Crippen molar-refractivity contribution in [2.75, 3.05) is 0 Å². The van der Waals surface area contributed by atoms with Gasteiger partial charge in [0, 0.05) is 26.8 Å². The average Bonchev–Trinajstić information content (AvgIpc) is 3.57. The van der Waals surface area contributed by atoms with Crippen molar-refractivity contribution in [3.63, 3.8) is 0 Å². The fourth-order valence-corrected chi connectivity index (χ4v) is 8.86. The Hall–Kier alpha value is -4.99. The molecule has 2 nitrogen and oxygen atoms in total. The van der Waals surface area contributed by atoms with E-state index < -0.39 is 0 Å². The van der Waals surface area contributed by atoms with E-state index in [0.717, 1.165) is 22.6 Å². The Balaban J connectivity index is 1.20. The molecule has 0 spiro atoms. The minimum atomic E-state index is -0.134. The third-order valence-electron chi connectivity index (χ3n) is 8.99. The molecular weight excluding hydrogens is 531 g/mol. The molecule has 1 aromatic heterocycles. The first-order valence-electron chi connectivity index (χ1n) is 14.4. The third-order valence-corrected chi connectivity index (χ3v) is 10.8. The van der Waals surface area contributed by atoms with Crippen molar-refractivity contribution >= 4 is 59.9 Å². The highest BCUT2D eigenvalue weighted by atomic mass is 32.2. The van der Waals surface area contributed by atoms with E-state index in [-0.39, 0.29) is 10.7 Å². The summed E-state index contributed by atoms with van der Waals surface area (Å²) in [4.78, 5) is 1.37. The molecule has 2 aliphatic rings. The van der Waals surface area contributed by atoms with Gasteiger partial charge in [0.15, 0.2) is 0 Å². The summed E-state index contributed by atoms with van der Waals surface area (Å²) in [6.45, 7) is 0. The van der Waals surface area contributed by atoms with Gasteiger partial charge in [-0.05, 0) is 79.4 Å². The lowest BCUT2D eigenvalue weighted by Crippen LogP contribution is -2.05. The number of nitrogens with zero attached hydrogens (tertiary/aromatic N) is 1. The average molecular weight is 554 g/mol. The fraction of sp³-hybridized carbons (Fsp3) is 0.0256. The lowest BCUT2D eigenvalue weighted by atomic mass is 9.94. The van der Waals surface area contributed by atoms with Crippen molar-refractivity contribution in [2.45, 2.75) is 10.6 Å². The second-order valence-electron chi connectivity index (χ2n) is 11.3. The molecule has 0 fully saturated rings. The van der Waals surface area contributed by atoms with Crippen LogP contribution in [0.2, 0.25) is 0 Å². The number of rotatable bonds is 3. The van der Waals surface area contributed by atoms with E-state index in [1.54, 1.807) is 0 Å². The van der Waals surface area contributed by atoms with E-state index in [0.29, 0.717) is 0 Å². The summed E-state index contributed by atoms with van der Waals surface area (Å²) in [5.74, 6) is 0.954. The van der Waals surface area contributed by atoms with E-state index in [1.807, 2.05) is 0 Å². The van der Waals surface area contributed by atoms with E-state index >= 15 is 0 Å². The first-order chi connectivity index (χ1) is 20.8. The molecule has 0 N–H and O–H groups in total. The van der Waals surface area contributed by atoms with Gasteiger partial charge in [-0.3, -0.25) is 0 Å². The number of hydrogen-bond acceptors (Lipinski definition) is 2. The molecule has 1 aliphatic heterocycles. The van der Waals surface area contributed by atoms with Gasteiger partial charge in [0.2, 0.25) is 0 Å². The van der Waals surface area contributed by atoms with Crippen LogP contribution in [0.3, 0.4) is 0 Å². The monoisotopic (exact) mass is 553 g/mol. The van der Waals surface area contributed by atoms with Gasteiger partial charge in [0.05, 0.1) is 5.69 Å². The number of benzene rings is 7. The van der Waals surface area contributed by atoms with Crippen LogP contribution < -0.4 is 0 Å². The van der Waals surface area contributed by atoms with E-state index in [2.05, 4.69) is 127 Å². The Morgan fingerprint density at radius 2 is 1.24 bits per heavy atom. The fourth-order valence-electron chi connectivity index (χ4n) is 7.12. The molecule has 0 bridgehead atoms. The Labute approximate surface area is 245 Å². The molecule has 0 amide bonds. The molecule has 2 heterocycles. The van der Waals surface area contributed by atoms with Crippen molar-refractivity contribution in [2.24, 2.45) is 4.36 Å². The Morgan fingerprint density at radius 3 is 2.12 bits per heavy atom.